The third kappa shape index (κ3) is 5.31. The molecule has 1 heterocycles. The topological polar surface area (TPSA) is 95.6 Å². The Morgan fingerprint density at radius 3 is 2.47 bits per heavy atom. The van der Waals surface area contributed by atoms with Crippen LogP contribution in [0.4, 0.5) is 20.2 Å². The summed E-state index contributed by atoms with van der Waals surface area (Å²) in [5.41, 5.74) is 1.15. The van der Waals surface area contributed by atoms with Crippen molar-refractivity contribution in [3.8, 4) is 0 Å². The number of rotatable bonds is 7. The first kappa shape index (κ1) is 23.8. The highest BCUT2D eigenvalue weighted by Crippen LogP contribution is 2.30. The van der Waals surface area contributed by atoms with Gasteiger partial charge in [-0.2, -0.15) is 4.72 Å². The molecule has 32 heavy (non-hydrogen) atoms. The van der Waals surface area contributed by atoms with E-state index in [9.17, 15) is 26.8 Å². The number of nitrogens with zero attached hydrogens (tertiary/aromatic N) is 1. The zero-order chi connectivity index (χ0) is 23.6. The van der Waals surface area contributed by atoms with Gasteiger partial charge in [-0.15, -0.1) is 0 Å². The molecule has 0 saturated carbocycles. The van der Waals surface area contributed by atoms with Crippen molar-refractivity contribution in [3.63, 3.8) is 0 Å². The number of anilines is 2. The van der Waals surface area contributed by atoms with Crippen LogP contribution < -0.4 is 14.9 Å². The maximum atomic E-state index is 13.9. The summed E-state index contributed by atoms with van der Waals surface area (Å²) in [7, 11) is -4.09. The van der Waals surface area contributed by atoms with E-state index in [1.54, 1.807) is 11.0 Å². The lowest BCUT2D eigenvalue weighted by Crippen LogP contribution is -2.44. The number of fused-ring (bicyclic) bond motifs is 1. The SMILES string of the molecule is CC(=O)N1CCc2cc(S(=O)(=O)NC(CC(C)C)C(=O)Nc3ccc(F)cc3F)ccc21. The Balaban J connectivity index is 1.83. The van der Waals surface area contributed by atoms with E-state index in [0.717, 1.165) is 17.7 Å². The lowest BCUT2D eigenvalue weighted by atomic mass is 10.0. The largest absolute Gasteiger partial charge is 0.322 e. The summed E-state index contributed by atoms with van der Waals surface area (Å²) in [5, 5.41) is 2.33. The molecule has 10 heteroatoms. The number of halogens is 2. The second kappa shape index (κ2) is 9.33. The number of sulfonamides is 1. The Morgan fingerprint density at radius 2 is 1.84 bits per heavy atom. The zero-order valence-corrected chi connectivity index (χ0v) is 18.8. The number of carbonyl (C=O) groups is 2. The van der Waals surface area contributed by atoms with Crippen LogP contribution in [0.1, 0.15) is 32.8 Å². The Kier molecular flexibility index (Phi) is 6.94. The molecule has 3 rings (SSSR count). The van der Waals surface area contributed by atoms with Crippen LogP contribution in [0, 0.1) is 17.6 Å². The van der Waals surface area contributed by atoms with Crippen molar-refractivity contribution in [2.24, 2.45) is 5.92 Å². The number of hydrogen-bond donors (Lipinski definition) is 2. The molecule has 0 bridgehead atoms. The van der Waals surface area contributed by atoms with Gasteiger partial charge in [-0.25, -0.2) is 17.2 Å². The smallest absolute Gasteiger partial charge is 0.242 e. The normalized spacial score (nSPS) is 14.4. The number of carbonyl (C=O) groups excluding carboxylic acids is 2. The van der Waals surface area contributed by atoms with E-state index < -0.39 is 33.6 Å². The second-order valence-corrected chi connectivity index (χ2v) is 9.84. The fourth-order valence-corrected chi connectivity index (χ4v) is 4.88. The fourth-order valence-electron chi connectivity index (χ4n) is 3.62. The fraction of sp³-hybridized carbons (Fsp3) is 0.364. The van der Waals surface area contributed by atoms with Crippen molar-refractivity contribution in [2.75, 3.05) is 16.8 Å². The molecule has 7 nitrogen and oxygen atoms in total. The summed E-state index contributed by atoms with van der Waals surface area (Å²) >= 11 is 0. The molecule has 1 unspecified atom stereocenters. The highest BCUT2D eigenvalue weighted by atomic mass is 32.2. The molecule has 1 atom stereocenters. The summed E-state index contributed by atoms with van der Waals surface area (Å²) < 4.78 is 55.5. The molecule has 2 N–H and O–H groups in total. The summed E-state index contributed by atoms with van der Waals surface area (Å²) in [6, 6.07) is 5.97. The van der Waals surface area contributed by atoms with Gasteiger partial charge in [0.15, 0.2) is 0 Å². The van der Waals surface area contributed by atoms with Crippen molar-refractivity contribution in [1.82, 2.24) is 4.72 Å². The zero-order valence-electron chi connectivity index (χ0n) is 18.0. The lowest BCUT2D eigenvalue weighted by molar-refractivity contribution is -0.118. The maximum absolute atomic E-state index is 13.9. The van der Waals surface area contributed by atoms with Crippen LogP contribution in [0.15, 0.2) is 41.3 Å². The molecule has 172 valence electrons. The number of nitrogens with one attached hydrogen (secondary N) is 2. The molecule has 1 aliphatic heterocycles. The quantitative estimate of drug-likeness (QED) is 0.657. The van der Waals surface area contributed by atoms with E-state index in [2.05, 4.69) is 10.0 Å². The molecule has 0 spiro atoms. The van der Waals surface area contributed by atoms with Crippen molar-refractivity contribution in [3.05, 3.63) is 53.6 Å². The van der Waals surface area contributed by atoms with Crippen LogP contribution in [0.3, 0.4) is 0 Å². The molecule has 2 aromatic carbocycles. The molecule has 0 radical (unpaired) electrons. The Bertz CT molecular complexity index is 1150. The minimum Gasteiger partial charge on any atom is -0.322 e. The Morgan fingerprint density at radius 1 is 1.12 bits per heavy atom. The van der Waals surface area contributed by atoms with E-state index in [0.29, 0.717) is 24.7 Å². The van der Waals surface area contributed by atoms with E-state index >= 15 is 0 Å². The van der Waals surface area contributed by atoms with Crippen molar-refractivity contribution >= 4 is 33.2 Å². The predicted molar refractivity (Wildman–Crippen MR) is 117 cm³/mol. The molecule has 2 aromatic rings. The Labute approximate surface area is 185 Å². The number of hydrogen-bond acceptors (Lipinski definition) is 4. The standard InChI is InChI=1S/C22H25F2N3O4S/c1-13(2)10-20(22(29)25-19-6-4-16(23)12-18(19)24)26-32(30,31)17-5-7-21-15(11-17)8-9-27(21)14(3)28/h4-7,11-13,20,26H,8-10H2,1-3H3,(H,25,29). The molecular formula is C22H25F2N3O4S. The monoisotopic (exact) mass is 465 g/mol. The summed E-state index contributed by atoms with van der Waals surface area (Å²) in [6.07, 6.45) is 0.689. The second-order valence-electron chi connectivity index (χ2n) is 8.13. The highest BCUT2D eigenvalue weighted by Gasteiger charge is 2.29. The van der Waals surface area contributed by atoms with E-state index in [4.69, 9.17) is 0 Å². The van der Waals surface area contributed by atoms with Crippen LogP contribution in [-0.2, 0) is 26.0 Å². The lowest BCUT2D eigenvalue weighted by Gasteiger charge is -2.21. The third-order valence-electron chi connectivity index (χ3n) is 5.15. The van der Waals surface area contributed by atoms with Crippen LogP contribution >= 0.6 is 0 Å². The van der Waals surface area contributed by atoms with Crippen molar-refractivity contribution in [1.29, 1.82) is 0 Å². The van der Waals surface area contributed by atoms with Crippen LogP contribution in [0.2, 0.25) is 0 Å². The third-order valence-corrected chi connectivity index (χ3v) is 6.62. The molecule has 2 amide bonds. The first-order chi connectivity index (χ1) is 15.0. The molecule has 0 fully saturated rings. The minimum absolute atomic E-state index is 0.0313. The predicted octanol–water partition coefficient (Wildman–Crippen LogP) is 3.21. The van der Waals surface area contributed by atoms with E-state index in [1.807, 2.05) is 13.8 Å². The number of amides is 2. The van der Waals surface area contributed by atoms with Crippen molar-refractivity contribution < 1.29 is 26.8 Å². The van der Waals surface area contributed by atoms with Gasteiger partial charge in [-0.1, -0.05) is 13.8 Å². The van der Waals surface area contributed by atoms with Gasteiger partial charge in [0.1, 0.15) is 17.7 Å². The number of benzene rings is 2. The summed E-state index contributed by atoms with van der Waals surface area (Å²) in [4.78, 5) is 26.0. The van der Waals surface area contributed by atoms with Crippen molar-refractivity contribution in [2.45, 2.75) is 44.6 Å². The first-order valence-corrected chi connectivity index (χ1v) is 11.7. The van der Waals surface area contributed by atoms with E-state index in [1.165, 1.54) is 19.1 Å². The van der Waals surface area contributed by atoms with Gasteiger partial charge in [-0.05, 0) is 54.7 Å². The van der Waals surface area contributed by atoms with Gasteiger partial charge in [0, 0.05) is 25.2 Å². The van der Waals surface area contributed by atoms with Gasteiger partial charge in [-0.3, -0.25) is 9.59 Å². The highest BCUT2D eigenvalue weighted by molar-refractivity contribution is 7.89. The minimum atomic E-state index is -4.09. The average Bonchev–Trinajstić information content (AvgIpc) is 3.12. The van der Waals surface area contributed by atoms with Crippen LogP contribution in [0.5, 0.6) is 0 Å². The molecule has 1 aliphatic rings. The van der Waals surface area contributed by atoms with Crippen LogP contribution in [-0.4, -0.2) is 32.8 Å². The van der Waals surface area contributed by atoms with Gasteiger partial charge in [0.05, 0.1) is 10.6 Å². The summed E-state index contributed by atoms with van der Waals surface area (Å²) in [6.45, 7) is 5.56. The van der Waals surface area contributed by atoms with E-state index in [-0.39, 0.29) is 28.8 Å². The molecule has 0 saturated heterocycles. The molecule has 0 aromatic heterocycles. The average molecular weight is 466 g/mol. The summed E-state index contributed by atoms with van der Waals surface area (Å²) in [5.74, 6) is -2.68. The molecule has 0 aliphatic carbocycles. The maximum Gasteiger partial charge on any atom is 0.242 e. The van der Waals surface area contributed by atoms with Gasteiger partial charge in [0.2, 0.25) is 21.8 Å². The Hall–Kier alpha value is -2.85. The van der Waals surface area contributed by atoms with Gasteiger partial charge >= 0.3 is 0 Å². The van der Waals surface area contributed by atoms with Gasteiger partial charge in [0.25, 0.3) is 0 Å². The first-order valence-electron chi connectivity index (χ1n) is 10.2. The van der Waals surface area contributed by atoms with Gasteiger partial charge < -0.3 is 10.2 Å². The molecular weight excluding hydrogens is 440 g/mol. The van der Waals surface area contributed by atoms with Crippen LogP contribution in [0.25, 0.3) is 0 Å².